The Hall–Kier alpha value is -1.43. The zero-order valence-corrected chi connectivity index (χ0v) is 8.91. The molecule has 0 spiro atoms. The monoisotopic (exact) mass is 252 g/mol. The molecule has 0 heterocycles. The van der Waals surface area contributed by atoms with E-state index in [1.807, 2.05) is 0 Å². The van der Waals surface area contributed by atoms with Gasteiger partial charge in [0.15, 0.2) is 0 Å². The summed E-state index contributed by atoms with van der Waals surface area (Å²) in [6.07, 6.45) is -4.93. The van der Waals surface area contributed by atoms with Crippen LogP contribution in [0.25, 0.3) is 0 Å². The minimum absolute atomic E-state index is 0.0125. The number of carbonyl (C=O) groups excluding carboxylic acids is 1. The Morgan fingerprint density at radius 1 is 1.44 bits per heavy atom. The lowest BCUT2D eigenvalue weighted by molar-refractivity contribution is -0.167. The Labute approximate surface area is 94.4 Å². The van der Waals surface area contributed by atoms with Crippen LogP contribution in [-0.4, -0.2) is 12.1 Å². The molecule has 0 bridgehead atoms. The van der Waals surface area contributed by atoms with Crippen molar-refractivity contribution in [1.29, 1.82) is 0 Å². The normalized spacial score (nSPS) is 11.3. The summed E-state index contributed by atoms with van der Waals surface area (Å²) in [6.45, 7) is 1.51. The molecule has 0 atom stereocenters. The fourth-order valence-electron chi connectivity index (χ4n) is 1.03. The summed E-state index contributed by atoms with van der Waals surface area (Å²) < 4.78 is 35.9. The molecule has 0 aromatic heterocycles. The molecule has 0 aliphatic rings. The van der Waals surface area contributed by atoms with Crippen molar-refractivity contribution in [2.24, 2.45) is 0 Å². The number of nitrogen functional groups attached to an aromatic ring is 1. The minimum Gasteiger partial charge on any atom is -0.398 e. The van der Waals surface area contributed by atoms with E-state index in [1.165, 1.54) is 19.1 Å². The first-order valence-corrected chi connectivity index (χ1v) is 4.53. The van der Waals surface area contributed by atoms with Crippen molar-refractivity contribution in [2.45, 2.75) is 13.1 Å². The summed E-state index contributed by atoms with van der Waals surface area (Å²) in [7, 11) is 0. The molecular weight excluding hydrogens is 245 g/mol. The summed E-state index contributed by atoms with van der Waals surface area (Å²) in [5, 5.41) is 1.80. The molecule has 1 aromatic carbocycles. The molecule has 1 aromatic rings. The number of nitrogens with one attached hydrogen (secondary N) is 1. The Balaban J connectivity index is 2.99. The van der Waals surface area contributed by atoms with Crippen LogP contribution in [0.3, 0.4) is 0 Å². The molecule has 0 unspecified atom stereocenters. The first kappa shape index (κ1) is 12.6. The van der Waals surface area contributed by atoms with Gasteiger partial charge in [0.05, 0.1) is 10.7 Å². The van der Waals surface area contributed by atoms with E-state index < -0.39 is 12.1 Å². The van der Waals surface area contributed by atoms with Gasteiger partial charge in [-0.2, -0.15) is 13.2 Å². The molecule has 0 saturated heterocycles. The van der Waals surface area contributed by atoms with E-state index in [0.717, 1.165) is 0 Å². The molecule has 1 amide bonds. The smallest absolute Gasteiger partial charge is 0.398 e. The predicted octanol–water partition coefficient (Wildman–Crippen LogP) is 2.73. The molecule has 1 rings (SSSR count). The number of hydrogen-bond donors (Lipinski definition) is 2. The molecule has 3 N–H and O–H groups in total. The van der Waals surface area contributed by atoms with E-state index in [0.29, 0.717) is 5.56 Å². The van der Waals surface area contributed by atoms with Crippen LogP contribution in [0.4, 0.5) is 24.5 Å². The number of benzene rings is 1. The van der Waals surface area contributed by atoms with E-state index in [-0.39, 0.29) is 16.4 Å². The average Bonchev–Trinajstić information content (AvgIpc) is 2.12. The van der Waals surface area contributed by atoms with Gasteiger partial charge in [0.25, 0.3) is 0 Å². The summed E-state index contributed by atoms with van der Waals surface area (Å²) in [6, 6.07) is 2.56. The third-order valence-corrected chi connectivity index (χ3v) is 2.18. The number of alkyl halides is 3. The summed E-state index contributed by atoms with van der Waals surface area (Å²) in [5.41, 5.74) is 6.07. The Kier molecular flexibility index (Phi) is 3.32. The number of anilines is 2. The highest BCUT2D eigenvalue weighted by molar-refractivity contribution is 6.33. The fraction of sp³-hybridized carbons (Fsp3) is 0.222. The zero-order chi connectivity index (χ0) is 12.5. The SMILES string of the molecule is Cc1cc(N)c(Cl)cc1NC(=O)C(F)(F)F. The Morgan fingerprint density at radius 2 is 2.00 bits per heavy atom. The largest absolute Gasteiger partial charge is 0.471 e. The number of rotatable bonds is 1. The highest BCUT2D eigenvalue weighted by Gasteiger charge is 2.38. The van der Waals surface area contributed by atoms with Gasteiger partial charge in [-0.25, -0.2) is 0 Å². The van der Waals surface area contributed by atoms with Crippen LogP contribution in [-0.2, 0) is 4.79 Å². The maximum atomic E-state index is 12.0. The van der Waals surface area contributed by atoms with Crippen molar-refractivity contribution in [1.82, 2.24) is 0 Å². The maximum absolute atomic E-state index is 12.0. The lowest BCUT2D eigenvalue weighted by Crippen LogP contribution is -2.30. The molecule has 3 nitrogen and oxygen atoms in total. The number of halogens is 4. The van der Waals surface area contributed by atoms with Gasteiger partial charge in [0.2, 0.25) is 0 Å². The molecule has 88 valence electrons. The number of carbonyl (C=O) groups is 1. The minimum atomic E-state index is -4.93. The Morgan fingerprint density at radius 3 is 2.50 bits per heavy atom. The van der Waals surface area contributed by atoms with Crippen LogP contribution in [0.2, 0.25) is 5.02 Å². The standard InChI is InChI=1S/C9H8ClF3N2O/c1-4-2-6(14)5(10)3-7(4)15-8(16)9(11,12)13/h2-3H,14H2,1H3,(H,15,16). The maximum Gasteiger partial charge on any atom is 0.471 e. The first-order valence-electron chi connectivity index (χ1n) is 4.15. The third-order valence-electron chi connectivity index (χ3n) is 1.85. The second-order valence-electron chi connectivity index (χ2n) is 3.14. The van der Waals surface area contributed by atoms with Crippen LogP contribution < -0.4 is 11.1 Å². The molecule has 0 fully saturated rings. The van der Waals surface area contributed by atoms with E-state index in [9.17, 15) is 18.0 Å². The number of hydrogen-bond acceptors (Lipinski definition) is 2. The van der Waals surface area contributed by atoms with Gasteiger partial charge in [-0.05, 0) is 24.6 Å². The van der Waals surface area contributed by atoms with E-state index in [1.54, 1.807) is 5.32 Å². The van der Waals surface area contributed by atoms with Crippen molar-refractivity contribution in [3.8, 4) is 0 Å². The quantitative estimate of drug-likeness (QED) is 0.755. The molecule has 0 aliphatic heterocycles. The summed E-state index contributed by atoms with van der Waals surface area (Å²) in [4.78, 5) is 10.7. The van der Waals surface area contributed by atoms with Gasteiger partial charge < -0.3 is 11.1 Å². The number of nitrogens with two attached hydrogens (primary N) is 1. The molecule has 0 aliphatic carbocycles. The van der Waals surface area contributed by atoms with Crippen molar-refractivity contribution in [3.63, 3.8) is 0 Å². The fourth-order valence-corrected chi connectivity index (χ4v) is 1.20. The van der Waals surface area contributed by atoms with Crippen LogP contribution >= 0.6 is 11.6 Å². The molecule has 16 heavy (non-hydrogen) atoms. The van der Waals surface area contributed by atoms with Gasteiger partial charge in [-0.15, -0.1) is 0 Å². The molecule has 7 heteroatoms. The van der Waals surface area contributed by atoms with E-state index >= 15 is 0 Å². The van der Waals surface area contributed by atoms with Crippen LogP contribution in [0.1, 0.15) is 5.56 Å². The number of aryl methyl sites for hydroxylation is 1. The van der Waals surface area contributed by atoms with Gasteiger partial charge in [0, 0.05) is 5.69 Å². The lowest BCUT2D eigenvalue weighted by atomic mass is 10.2. The summed E-state index contributed by atoms with van der Waals surface area (Å²) >= 11 is 5.63. The topological polar surface area (TPSA) is 55.1 Å². The third kappa shape index (κ3) is 2.79. The number of amides is 1. The van der Waals surface area contributed by atoms with Crippen molar-refractivity contribution >= 4 is 28.9 Å². The van der Waals surface area contributed by atoms with E-state index in [4.69, 9.17) is 17.3 Å². The second kappa shape index (κ2) is 4.21. The first-order chi connectivity index (χ1) is 7.21. The van der Waals surface area contributed by atoms with Crippen molar-refractivity contribution < 1.29 is 18.0 Å². The predicted molar refractivity (Wildman–Crippen MR) is 55.3 cm³/mol. The van der Waals surface area contributed by atoms with Gasteiger partial charge >= 0.3 is 12.1 Å². The van der Waals surface area contributed by atoms with Gasteiger partial charge in [-0.3, -0.25) is 4.79 Å². The Bertz CT molecular complexity index is 431. The highest BCUT2D eigenvalue weighted by Crippen LogP contribution is 2.28. The van der Waals surface area contributed by atoms with Crippen LogP contribution in [0.15, 0.2) is 12.1 Å². The highest BCUT2D eigenvalue weighted by atomic mass is 35.5. The van der Waals surface area contributed by atoms with Gasteiger partial charge in [0.1, 0.15) is 0 Å². The molecular formula is C9H8ClF3N2O. The van der Waals surface area contributed by atoms with Crippen LogP contribution in [0.5, 0.6) is 0 Å². The molecule has 0 saturated carbocycles. The van der Waals surface area contributed by atoms with Crippen molar-refractivity contribution in [2.75, 3.05) is 11.1 Å². The summed E-state index contributed by atoms with van der Waals surface area (Å²) in [5.74, 6) is -2.04. The van der Waals surface area contributed by atoms with Crippen LogP contribution in [0, 0.1) is 6.92 Å². The molecule has 0 radical (unpaired) electrons. The lowest BCUT2D eigenvalue weighted by Gasteiger charge is -2.11. The zero-order valence-electron chi connectivity index (χ0n) is 8.15. The van der Waals surface area contributed by atoms with Gasteiger partial charge in [-0.1, -0.05) is 11.6 Å². The average molecular weight is 253 g/mol. The van der Waals surface area contributed by atoms with Crippen molar-refractivity contribution in [3.05, 3.63) is 22.7 Å². The second-order valence-corrected chi connectivity index (χ2v) is 3.55. The van der Waals surface area contributed by atoms with E-state index in [2.05, 4.69) is 0 Å².